The number of thioether (sulfide) groups is 1. The summed E-state index contributed by atoms with van der Waals surface area (Å²) >= 11 is 7.57. The Labute approximate surface area is 105 Å². The smallest absolute Gasteiger partial charge is 0.146 e. The second-order valence-corrected chi connectivity index (χ2v) is 5.75. The van der Waals surface area contributed by atoms with E-state index < -0.39 is 0 Å². The second-order valence-electron chi connectivity index (χ2n) is 3.98. The highest BCUT2D eigenvalue weighted by Gasteiger charge is 2.28. The van der Waals surface area contributed by atoms with Crippen LogP contribution in [0.2, 0.25) is 5.02 Å². The van der Waals surface area contributed by atoms with Crippen LogP contribution in [0.15, 0.2) is 12.1 Å². The molecule has 1 aromatic carbocycles. The average Bonchev–Trinajstić information content (AvgIpc) is 2.27. The SMILES string of the molecule is CCNC1c2ccc(Cl)c(F)c2CSC1C. The van der Waals surface area contributed by atoms with Crippen molar-refractivity contribution in [1.82, 2.24) is 5.32 Å². The molecule has 1 aliphatic heterocycles. The van der Waals surface area contributed by atoms with Gasteiger partial charge in [-0.2, -0.15) is 11.8 Å². The lowest BCUT2D eigenvalue weighted by Gasteiger charge is -2.32. The van der Waals surface area contributed by atoms with Gasteiger partial charge in [-0.15, -0.1) is 0 Å². The first kappa shape index (κ1) is 12.2. The van der Waals surface area contributed by atoms with E-state index >= 15 is 0 Å². The molecule has 4 heteroatoms. The van der Waals surface area contributed by atoms with Gasteiger partial charge in [0.25, 0.3) is 0 Å². The monoisotopic (exact) mass is 259 g/mol. The van der Waals surface area contributed by atoms with Crippen molar-refractivity contribution in [2.45, 2.75) is 30.9 Å². The predicted molar refractivity (Wildman–Crippen MR) is 68.6 cm³/mol. The molecule has 1 aliphatic rings. The summed E-state index contributed by atoms with van der Waals surface area (Å²) in [5.41, 5.74) is 1.83. The number of benzene rings is 1. The maximum atomic E-state index is 13.9. The number of hydrogen-bond donors (Lipinski definition) is 1. The summed E-state index contributed by atoms with van der Waals surface area (Å²) in [5, 5.41) is 4.10. The van der Waals surface area contributed by atoms with Crippen LogP contribution in [0.25, 0.3) is 0 Å². The van der Waals surface area contributed by atoms with E-state index in [1.165, 1.54) is 0 Å². The minimum absolute atomic E-state index is 0.226. The minimum Gasteiger partial charge on any atom is -0.309 e. The molecule has 2 unspecified atom stereocenters. The minimum atomic E-state index is -0.249. The highest BCUT2D eigenvalue weighted by Crippen LogP contribution is 2.39. The van der Waals surface area contributed by atoms with Crippen molar-refractivity contribution >= 4 is 23.4 Å². The molecule has 0 radical (unpaired) electrons. The van der Waals surface area contributed by atoms with Crippen molar-refractivity contribution in [2.75, 3.05) is 6.54 Å². The standard InChI is InChI=1S/C12H15ClFNS/c1-3-15-12-7(2)16-6-9-8(12)4-5-10(13)11(9)14/h4-5,7,12,15H,3,6H2,1-2H3. The Morgan fingerprint density at radius 2 is 2.31 bits per heavy atom. The molecule has 2 rings (SSSR count). The van der Waals surface area contributed by atoms with Crippen LogP contribution in [-0.2, 0) is 5.75 Å². The third kappa shape index (κ3) is 2.08. The molecule has 1 aromatic rings. The normalized spacial score (nSPS) is 24.2. The Morgan fingerprint density at radius 1 is 1.56 bits per heavy atom. The van der Waals surface area contributed by atoms with Gasteiger partial charge in [0.2, 0.25) is 0 Å². The zero-order valence-electron chi connectivity index (χ0n) is 9.39. The lowest BCUT2D eigenvalue weighted by atomic mass is 9.98. The highest BCUT2D eigenvalue weighted by atomic mass is 35.5. The van der Waals surface area contributed by atoms with Crippen LogP contribution in [0, 0.1) is 5.82 Å². The fourth-order valence-corrected chi connectivity index (χ4v) is 3.44. The first-order chi connectivity index (χ1) is 7.65. The van der Waals surface area contributed by atoms with E-state index in [4.69, 9.17) is 11.6 Å². The van der Waals surface area contributed by atoms with Gasteiger partial charge in [0.15, 0.2) is 0 Å². The topological polar surface area (TPSA) is 12.0 Å². The maximum absolute atomic E-state index is 13.9. The van der Waals surface area contributed by atoms with Gasteiger partial charge in [-0.25, -0.2) is 4.39 Å². The van der Waals surface area contributed by atoms with Crippen LogP contribution in [0.4, 0.5) is 4.39 Å². The molecule has 2 atom stereocenters. The van der Waals surface area contributed by atoms with Crippen molar-refractivity contribution in [3.05, 3.63) is 34.1 Å². The molecule has 1 heterocycles. The molecule has 1 N–H and O–H groups in total. The van der Waals surface area contributed by atoms with Gasteiger partial charge in [-0.3, -0.25) is 0 Å². The Hall–Kier alpha value is -0.250. The third-order valence-electron chi connectivity index (χ3n) is 2.95. The third-order valence-corrected chi connectivity index (χ3v) is 4.50. The molecule has 0 amide bonds. The van der Waals surface area contributed by atoms with E-state index in [-0.39, 0.29) is 16.9 Å². The van der Waals surface area contributed by atoms with Crippen molar-refractivity contribution in [3.8, 4) is 0 Å². The van der Waals surface area contributed by atoms with Gasteiger partial charge >= 0.3 is 0 Å². The van der Waals surface area contributed by atoms with Gasteiger partial charge in [0.05, 0.1) is 5.02 Å². The zero-order chi connectivity index (χ0) is 11.7. The van der Waals surface area contributed by atoms with Gasteiger partial charge in [0, 0.05) is 22.6 Å². The summed E-state index contributed by atoms with van der Waals surface area (Å²) in [6.45, 7) is 5.13. The molecule has 16 heavy (non-hydrogen) atoms. The summed E-state index contributed by atoms with van der Waals surface area (Å²) < 4.78 is 13.9. The van der Waals surface area contributed by atoms with Gasteiger partial charge < -0.3 is 5.32 Å². The summed E-state index contributed by atoms with van der Waals surface area (Å²) in [6.07, 6.45) is 0. The predicted octanol–water partition coefficient (Wildman–Crippen LogP) is 3.77. The molecular formula is C12H15ClFNS. The number of halogens is 2. The molecular weight excluding hydrogens is 245 g/mol. The molecule has 0 spiro atoms. The van der Waals surface area contributed by atoms with Gasteiger partial charge in [0.1, 0.15) is 5.82 Å². The van der Waals surface area contributed by atoms with E-state index in [9.17, 15) is 4.39 Å². The van der Waals surface area contributed by atoms with Crippen LogP contribution >= 0.6 is 23.4 Å². The summed E-state index contributed by atoms with van der Waals surface area (Å²) in [6, 6.07) is 3.83. The van der Waals surface area contributed by atoms with E-state index in [1.54, 1.807) is 17.8 Å². The van der Waals surface area contributed by atoms with Crippen molar-refractivity contribution in [2.24, 2.45) is 0 Å². The average molecular weight is 260 g/mol. The number of rotatable bonds is 2. The Kier molecular flexibility index (Phi) is 3.77. The molecule has 0 fully saturated rings. The van der Waals surface area contributed by atoms with Crippen molar-refractivity contribution in [3.63, 3.8) is 0 Å². The van der Waals surface area contributed by atoms with E-state index in [0.717, 1.165) is 17.7 Å². The summed E-state index contributed by atoms with van der Waals surface area (Å²) in [4.78, 5) is 0. The van der Waals surface area contributed by atoms with E-state index in [1.807, 2.05) is 6.07 Å². The number of nitrogens with one attached hydrogen (secondary N) is 1. The number of fused-ring (bicyclic) bond motifs is 1. The quantitative estimate of drug-likeness (QED) is 0.868. The fourth-order valence-electron chi connectivity index (χ4n) is 2.11. The van der Waals surface area contributed by atoms with Gasteiger partial charge in [-0.05, 0) is 18.2 Å². The highest BCUT2D eigenvalue weighted by molar-refractivity contribution is 7.99. The van der Waals surface area contributed by atoms with Crippen LogP contribution in [0.1, 0.15) is 31.0 Å². The molecule has 0 saturated heterocycles. The van der Waals surface area contributed by atoms with Crippen LogP contribution in [0.5, 0.6) is 0 Å². The van der Waals surface area contributed by atoms with Crippen molar-refractivity contribution in [1.29, 1.82) is 0 Å². The lowest BCUT2D eigenvalue weighted by Crippen LogP contribution is -2.32. The zero-order valence-corrected chi connectivity index (χ0v) is 11.0. The summed E-state index contributed by atoms with van der Waals surface area (Å²) in [7, 11) is 0. The van der Waals surface area contributed by atoms with E-state index in [2.05, 4.69) is 19.2 Å². The lowest BCUT2D eigenvalue weighted by molar-refractivity contribution is 0.528. The second kappa shape index (κ2) is 4.94. The molecule has 0 aromatic heterocycles. The van der Waals surface area contributed by atoms with Crippen LogP contribution in [0.3, 0.4) is 0 Å². The molecule has 88 valence electrons. The first-order valence-corrected chi connectivity index (χ1v) is 6.89. The Morgan fingerprint density at radius 3 is 3.00 bits per heavy atom. The largest absolute Gasteiger partial charge is 0.309 e. The molecule has 1 nitrogen and oxygen atoms in total. The first-order valence-electron chi connectivity index (χ1n) is 5.47. The maximum Gasteiger partial charge on any atom is 0.146 e. The van der Waals surface area contributed by atoms with Crippen molar-refractivity contribution < 1.29 is 4.39 Å². The molecule has 0 aliphatic carbocycles. The van der Waals surface area contributed by atoms with Crippen LogP contribution in [-0.4, -0.2) is 11.8 Å². The molecule has 0 saturated carbocycles. The van der Waals surface area contributed by atoms with Gasteiger partial charge in [-0.1, -0.05) is 31.5 Å². The van der Waals surface area contributed by atoms with Crippen LogP contribution < -0.4 is 5.32 Å². The Bertz CT molecular complexity index is 397. The number of hydrogen-bond acceptors (Lipinski definition) is 2. The Balaban J connectivity index is 2.44. The molecule has 0 bridgehead atoms. The fraction of sp³-hybridized carbons (Fsp3) is 0.500. The summed E-state index contributed by atoms with van der Waals surface area (Å²) in [5.74, 6) is 0.464. The van der Waals surface area contributed by atoms with E-state index in [0.29, 0.717) is 11.0 Å².